The first-order chi connectivity index (χ1) is 11.0. The van der Waals surface area contributed by atoms with Crippen molar-refractivity contribution in [3.63, 3.8) is 0 Å². The van der Waals surface area contributed by atoms with Crippen molar-refractivity contribution in [1.29, 1.82) is 0 Å². The third-order valence-corrected chi connectivity index (χ3v) is 7.38. The number of hydrogen-bond acceptors (Lipinski definition) is 6. The summed E-state index contributed by atoms with van der Waals surface area (Å²) in [4.78, 5) is 0. The number of nitrogens with one attached hydrogen (secondary N) is 3. The monoisotopic (exact) mass is 345 g/mol. The average Bonchev–Trinajstić information content (AvgIpc) is 3.06. The highest BCUT2D eigenvalue weighted by Gasteiger charge is 2.34. The second-order valence-electron chi connectivity index (χ2n) is 7.49. The van der Waals surface area contributed by atoms with Crippen LogP contribution in [0.4, 0.5) is 0 Å². The Hall–Kier alpha value is -0.210. The molecule has 0 spiro atoms. The first kappa shape index (κ1) is 17.6. The molecule has 0 aromatic carbocycles. The van der Waals surface area contributed by atoms with Gasteiger partial charge in [0.2, 0.25) is 0 Å². The summed E-state index contributed by atoms with van der Waals surface area (Å²) in [6.45, 7) is 4.72. The maximum atomic E-state index is 11.7. The van der Waals surface area contributed by atoms with E-state index in [1.807, 2.05) is 0 Å². The van der Waals surface area contributed by atoms with Crippen molar-refractivity contribution in [2.24, 2.45) is 11.8 Å². The molecule has 134 valence electrons. The van der Waals surface area contributed by atoms with Gasteiger partial charge in [0, 0.05) is 38.5 Å². The molecule has 0 amide bonds. The second kappa shape index (κ2) is 7.78. The van der Waals surface area contributed by atoms with Gasteiger partial charge in [-0.3, -0.25) is 5.32 Å². The average molecular weight is 346 g/mol. The Morgan fingerprint density at radius 3 is 2.57 bits per heavy atom. The van der Waals surface area contributed by atoms with Crippen molar-refractivity contribution < 1.29 is 13.2 Å². The SMILES string of the molecule is CS(=O)(=O)C1CCC(C2CNCC(NCC3CCOC3)N2)CC1. The van der Waals surface area contributed by atoms with E-state index in [1.165, 1.54) is 6.26 Å². The quantitative estimate of drug-likeness (QED) is 0.656. The molecule has 3 atom stereocenters. The molecule has 23 heavy (non-hydrogen) atoms. The highest BCUT2D eigenvalue weighted by atomic mass is 32.2. The molecule has 2 saturated heterocycles. The summed E-state index contributed by atoms with van der Waals surface area (Å²) < 4.78 is 28.8. The van der Waals surface area contributed by atoms with Gasteiger partial charge in [0.1, 0.15) is 9.84 Å². The summed E-state index contributed by atoms with van der Waals surface area (Å²) in [6.07, 6.45) is 6.51. The van der Waals surface area contributed by atoms with Crippen LogP contribution >= 0.6 is 0 Å². The Kier molecular flexibility index (Phi) is 5.96. The third kappa shape index (κ3) is 4.89. The van der Waals surface area contributed by atoms with E-state index in [0.717, 1.165) is 65.0 Å². The Bertz CT molecular complexity index is 471. The summed E-state index contributed by atoms with van der Waals surface area (Å²) in [5.74, 6) is 1.22. The molecule has 1 saturated carbocycles. The fourth-order valence-corrected chi connectivity index (χ4v) is 5.29. The molecule has 0 aromatic rings. The summed E-state index contributed by atoms with van der Waals surface area (Å²) in [5, 5.41) is 10.8. The summed E-state index contributed by atoms with van der Waals surface area (Å²) in [5.41, 5.74) is 0. The number of rotatable bonds is 5. The fraction of sp³-hybridized carbons (Fsp3) is 1.00. The minimum Gasteiger partial charge on any atom is -0.381 e. The zero-order chi connectivity index (χ0) is 16.3. The molecule has 6 nitrogen and oxygen atoms in total. The van der Waals surface area contributed by atoms with Crippen molar-refractivity contribution in [2.45, 2.75) is 49.6 Å². The zero-order valence-corrected chi connectivity index (χ0v) is 14.9. The number of hydrogen-bond donors (Lipinski definition) is 3. The smallest absolute Gasteiger partial charge is 0.150 e. The molecule has 7 heteroatoms. The van der Waals surface area contributed by atoms with Gasteiger partial charge >= 0.3 is 0 Å². The molecule has 3 unspecified atom stereocenters. The van der Waals surface area contributed by atoms with Crippen molar-refractivity contribution in [3.05, 3.63) is 0 Å². The van der Waals surface area contributed by atoms with Gasteiger partial charge in [-0.2, -0.15) is 0 Å². The lowest BCUT2D eigenvalue weighted by molar-refractivity contribution is 0.177. The van der Waals surface area contributed by atoms with E-state index in [0.29, 0.717) is 24.0 Å². The Morgan fingerprint density at radius 1 is 1.13 bits per heavy atom. The van der Waals surface area contributed by atoms with E-state index in [4.69, 9.17) is 4.74 Å². The topological polar surface area (TPSA) is 79.5 Å². The highest BCUT2D eigenvalue weighted by molar-refractivity contribution is 7.91. The van der Waals surface area contributed by atoms with Crippen molar-refractivity contribution >= 4 is 9.84 Å². The first-order valence-electron chi connectivity index (χ1n) is 8.99. The van der Waals surface area contributed by atoms with Crippen molar-refractivity contribution in [1.82, 2.24) is 16.0 Å². The van der Waals surface area contributed by atoms with Crippen molar-refractivity contribution in [3.8, 4) is 0 Å². The van der Waals surface area contributed by atoms with Crippen LogP contribution in [0.15, 0.2) is 0 Å². The highest BCUT2D eigenvalue weighted by Crippen LogP contribution is 2.30. The maximum Gasteiger partial charge on any atom is 0.150 e. The van der Waals surface area contributed by atoms with Crippen LogP contribution in [0.3, 0.4) is 0 Å². The zero-order valence-electron chi connectivity index (χ0n) is 14.1. The van der Waals surface area contributed by atoms with Crippen LogP contribution in [0.1, 0.15) is 32.1 Å². The minimum absolute atomic E-state index is 0.119. The number of ether oxygens (including phenoxy) is 1. The van der Waals surface area contributed by atoms with Gasteiger partial charge in [-0.15, -0.1) is 0 Å². The number of sulfone groups is 1. The Morgan fingerprint density at radius 2 is 1.91 bits per heavy atom. The van der Waals surface area contributed by atoms with E-state index >= 15 is 0 Å². The largest absolute Gasteiger partial charge is 0.381 e. The molecular formula is C16H31N3O3S. The summed E-state index contributed by atoms with van der Waals surface area (Å²) >= 11 is 0. The summed E-state index contributed by atoms with van der Waals surface area (Å²) in [6, 6.07) is 0.446. The van der Waals surface area contributed by atoms with Crippen LogP contribution in [0.2, 0.25) is 0 Å². The molecule has 3 rings (SSSR count). The van der Waals surface area contributed by atoms with Crippen molar-refractivity contribution in [2.75, 3.05) is 39.1 Å². The lowest BCUT2D eigenvalue weighted by Gasteiger charge is -2.40. The predicted octanol–water partition coefficient (Wildman–Crippen LogP) is 0.103. The van der Waals surface area contributed by atoms with Gasteiger partial charge in [0.15, 0.2) is 0 Å². The molecular weight excluding hydrogens is 314 g/mol. The van der Waals surface area contributed by atoms with Crippen LogP contribution < -0.4 is 16.0 Å². The molecule has 2 heterocycles. The van der Waals surface area contributed by atoms with Crippen LogP contribution in [-0.4, -0.2) is 65.0 Å². The maximum absolute atomic E-state index is 11.7. The molecule has 0 radical (unpaired) electrons. The molecule has 3 fully saturated rings. The van der Waals surface area contributed by atoms with Gasteiger partial charge in [0.25, 0.3) is 0 Å². The molecule has 3 N–H and O–H groups in total. The van der Waals surface area contributed by atoms with Crippen LogP contribution in [0, 0.1) is 11.8 Å². The van der Waals surface area contributed by atoms with E-state index in [9.17, 15) is 8.42 Å². The molecule has 0 aromatic heterocycles. The second-order valence-corrected chi connectivity index (χ2v) is 9.81. The lowest BCUT2D eigenvalue weighted by Crippen LogP contribution is -2.63. The minimum atomic E-state index is -2.87. The van der Waals surface area contributed by atoms with Gasteiger partial charge in [-0.25, -0.2) is 8.42 Å². The van der Waals surface area contributed by atoms with Gasteiger partial charge in [-0.1, -0.05) is 0 Å². The molecule has 0 bridgehead atoms. The standard InChI is InChI=1S/C16H31N3O3S/c1-23(20,21)14-4-2-13(3-5-14)15-9-17-10-16(19-15)18-8-12-6-7-22-11-12/h12-19H,2-11H2,1H3. The van der Waals surface area contributed by atoms with Crippen LogP contribution in [0.5, 0.6) is 0 Å². The Labute approximate surface area is 140 Å². The molecule has 2 aliphatic heterocycles. The van der Waals surface area contributed by atoms with Crippen LogP contribution in [-0.2, 0) is 14.6 Å². The molecule has 3 aliphatic rings. The van der Waals surface area contributed by atoms with E-state index < -0.39 is 9.84 Å². The number of piperazine rings is 1. The van der Waals surface area contributed by atoms with Gasteiger partial charge in [-0.05, 0) is 43.9 Å². The van der Waals surface area contributed by atoms with Gasteiger partial charge < -0.3 is 15.4 Å². The Balaban J connectivity index is 1.43. The predicted molar refractivity (Wildman–Crippen MR) is 91.1 cm³/mol. The van der Waals surface area contributed by atoms with E-state index in [-0.39, 0.29) is 5.25 Å². The van der Waals surface area contributed by atoms with E-state index in [1.54, 1.807) is 0 Å². The summed E-state index contributed by atoms with van der Waals surface area (Å²) in [7, 11) is -2.87. The fourth-order valence-electron chi connectivity index (χ4n) is 4.17. The molecule has 1 aliphatic carbocycles. The lowest BCUT2D eigenvalue weighted by atomic mass is 9.83. The third-order valence-electron chi connectivity index (χ3n) is 5.70. The van der Waals surface area contributed by atoms with Crippen LogP contribution in [0.25, 0.3) is 0 Å². The normalized spacial score (nSPS) is 39.4. The first-order valence-corrected chi connectivity index (χ1v) is 10.9. The van der Waals surface area contributed by atoms with Gasteiger partial charge in [0.05, 0.1) is 18.0 Å². The van der Waals surface area contributed by atoms with E-state index in [2.05, 4.69) is 16.0 Å².